The van der Waals surface area contributed by atoms with Gasteiger partial charge in [0, 0.05) is 21.7 Å². The van der Waals surface area contributed by atoms with Gasteiger partial charge in [-0.1, -0.05) is 48.4 Å². The zero-order chi connectivity index (χ0) is 16.2. The van der Waals surface area contributed by atoms with Crippen LogP contribution in [0.25, 0.3) is 0 Å². The molecule has 2 aromatic carbocycles. The van der Waals surface area contributed by atoms with Gasteiger partial charge in [0.1, 0.15) is 0 Å². The van der Waals surface area contributed by atoms with E-state index in [0.717, 1.165) is 31.5 Å². The van der Waals surface area contributed by atoms with E-state index in [2.05, 4.69) is 4.90 Å². The topological polar surface area (TPSA) is 46.3 Å². The van der Waals surface area contributed by atoms with Gasteiger partial charge in [0.05, 0.1) is 6.17 Å². The van der Waals surface area contributed by atoms with Gasteiger partial charge >= 0.3 is 0 Å². The molecule has 2 N–H and O–H groups in total. The van der Waals surface area contributed by atoms with Gasteiger partial charge in [-0.2, -0.15) is 0 Å². The Balaban J connectivity index is 1.88. The number of ketones is 1. The SMILES string of the molecule is NC(c1cc(C(=O)c2ccccc2)ccc1Cl)N1CCCCC1. The average molecular weight is 329 g/mol. The van der Waals surface area contributed by atoms with E-state index >= 15 is 0 Å². The monoisotopic (exact) mass is 328 g/mol. The lowest BCUT2D eigenvalue weighted by molar-refractivity contribution is 0.103. The molecule has 2 aromatic rings. The third kappa shape index (κ3) is 3.63. The number of hydrogen-bond acceptors (Lipinski definition) is 3. The third-order valence-electron chi connectivity index (χ3n) is 4.40. The number of likely N-dealkylation sites (tertiary alicyclic amines) is 1. The predicted octanol–water partition coefficient (Wildman–Crippen LogP) is 4.01. The lowest BCUT2D eigenvalue weighted by Crippen LogP contribution is -2.38. The first-order chi connectivity index (χ1) is 11.2. The van der Waals surface area contributed by atoms with Gasteiger partial charge in [0.25, 0.3) is 0 Å². The van der Waals surface area contributed by atoms with Gasteiger partial charge < -0.3 is 5.73 Å². The largest absolute Gasteiger partial charge is 0.312 e. The molecule has 0 saturated carbocycles. The third-order valence-corrected chi connectivity index (χ3v) is 4.74. The van der Waals surface area contributed by atoms with Crippen molar-refractivity contribution in [2.75, 3.05) is 13.1 Å². The molecule has 1 aliphatic rings. The molecule has 0 aromatic heterocycles. The minimum absolute atomic E-state index is 0.00522. The fraction of sp³-hybridized carbons (Fsp3) is 0.316. The second-order valence-corrected chi connectivity index (χ2v) is 6.38. The van der Waals surface area contributed by atoms with Crippen LogP contribution in [0.2, 0.25) is 5.02 Å². The van der Waals surface area contributed by atoms with Crippen molar-refractivity contribution in [3.8, 4) is 0 Å². The zero-order valence-corrected chi connectivity index (χ0v) is 13.8. The van der Waals surface area contributed by atoms with Crippen molar-refractivity contribution < 1.29 is 4.79 Å². The quantitative estimate of drug-likeness (QED) is 0.862. The number of carbonyl (C=O) groups excluding carboxylic acids is 1. The molecule has 0 bridgehead atoms. The summed E-state index contributed by atoms with van der Waals surface area (Å²) in [4.78, 5) is 14.8. The van der Waals surface area contributed by atoms with E-state index in [0.29, 0.717) is 16.1 Å². The number of nitrogens with zero attached hydrogens (tertiary/aromatic N) is 1. The summed E-state index contributed by atoms with van der Waals surface area (Å²) in [5.74, 6) is -0.00522. The van der Waals surface area contributed by atoms with Crippen LogP contribution in [0.4, 0.5) is 0 Å². The number of rotatable bonds is 4. The molecule has 1 aliphatic heterocycles. The standard InChI is InChI=1S/C19H21ClN2O/c20-17-10-9-15(18(23)14-7-3-1-4-8-14)13-16(17)19(21)22-11-5-2-6-12-22/h1,3-4,7-10,13,19H,2,5-6,11-12,21H2. The van der Waals surface area contributed by atoms with Crippen LogP contribution in [0.1, 0.15) is 46.9 Å². The van der Waals surface area contributed by atoms with E-state index in [1.807, 2.05) is 36.4 Å². The van der Waals surface area contributed by atoms with E-state index in [9.17, 15) is 4.79 Å². The Labute approximate surface area is 142 Å². The Hall–Kier alpha value is -1.68. The molecule has 1 atom stereocenters. The number of halogens is 1. The van der Waals surface area contributed by atoms with Gasteiger partial charge in [-0.05, 0) is 44.1 Å². The summed E-state index contributed by atoms with van der Waals surface area (Å²) >= 11 is 6.34. The summed E-state index contributed by atoms with van der Waals surface area (Å²) in [5, 5.41) is 0.618. The lowest BCUT2D eigenvalue weighted by Gasteiger charge is -2.32. The van der Waals surface area contributed by atoms with E-state index in [-0.39, 0.29) is 11.9 Å². The van der Waals surface area contributed by atoms with E-state index < -0.39 is 0 Å². The Morgan fingerprint density at radius 3 is 2.39 bits per heavy atom. The Morgan fingerprint density at radius 2 is 1.70 bits per heavy atom. The lowest BCUT2D eigenvalue weighted by atomic mass is 9.99. The number of benzene rings is 2. The first kappa shape index (κ1) is 16.2. The highest BCUT2D eigenvalue weighted by Gasteiger charge is 2.22. The molecule has 0 aliphatic carbocycles. The highest BCUT2D eigenvalue weighted by atomic mass is 35.5. The van der Waals surface area contributed by atoms with Crippen LogP contribution >= 0.6 is 11.6 Å². The fourth-order valence-electron chi connectivity index (χ4n) is 3.06. The summed E-state index contributed by atoms with van der Waals surface area (Å²) in [7, 11) is 0. The number of carbonyl (C=O) groups is 1. The smallest absolute Gasteiger partial charge is 0.193 e. The van der Waals surface area contributed by atoms with Crippen LogP contribution in [-0.4, -0.2) is 23.8 Å². The molecule has 3 nitrogen and oxygen atoms in total. The maximum absolute atomic E-state index is 12.6. The summed E-state index contributed by atoms with van der Waals surface area (Å²) in [6, 6.07) is 14.7. The Morgan fingerprint density at radius 1 is 1.00 bits per heavy atom. The second kappa shape index (κ2) is 7.26. The summed E-state index contributed by atoms with van der Waals surface area (Å²) in [6.45, 7) is 1.96. The maximum atomic E-state index is 12.6. The van der Waals surface area contributed by atoms with Crippen molar-refractivity contribution >= 4 is 17.4 Å². The number of nitrogens with two attached hydrogens (primary N) is 1. The molecule has 0 radical (unpaired) electrons. The van der Waals surface area contributed by atoms with E-state index in [4.69, 9.17) is 17.3 Å². The minimum Gasteiger partial charge on any atom is -0.312 e. The maximum Gasteiger partial charge on any atom is 0.193 e. The first-order valence-corrected chi connectivity index (χ1v) is 8.43. The highest BCUT2D eigenvalue weighted by molar-refractivity contribution is 6.31. The van der Waals surface area contributed by atoms with Crippen LogP contribution < -0.4 is 5.73 Å². The van der Waals surface area contributed by atoms with Gasteiger partial charge in [0.15, 0.2) is 5.78 Å². The molecule has 1 fully saturated rings. The van der Waals surface area contributed by atoms with Gasteiger partial charge in [-0.15, -0.1) is 0 Å². The van der Waals surface area contributed by atoms with Crippen molar-refractivity contribution in [3.05, 3.63) is 70.2 Å². The molecule has 1 heterocycles. The summed E-state index contributed by atoms with van der Waals surface area (Å²) < 4.78 is 0. The summed E-state index contributed by atoms with van der Waals surface area (Å²) in [6.07, 6.45) is 3.32. The van der Waals surface area contributed by atoms with Crippen LogP contribution in [-0.2, 0) is 0 Å². The molecular weight excluding hydrogens is 308 g/mol. The normalized spacial score (nSPS) is 17.0. The molecule has 120 valence electrons. The van der Waals surface area contributed by atoms with E-state index in [1.165, 1.54) is 6.42 Å². The van der Waals surface area contributed by atoms with Crippen LogP contribution in [0, 0.1) is 0 Å². The number of piperidine rings is 1. The van der Waals surface area contributed by atoms with Crippen molar-refractivity contribution in [1.29, 1.82) is 0 Å². The van der Waals surface area contributed by atoms with Gasteiger partial charge in [-0.3, -0.25) is 9.69 Å². The zero-order valence-electron chi connectivity index (χ0n) is 13.0. The van der Waals surface area contributed by atoms with Gasteiger partial charge in [0.2, 0.25) is 0 Å². The van der Waals surface area contributed by atoms with Crippen LogP contribution in [0.15, 0.2) is 48.5 Å². The molecule has 23 heavy (non-hydrogen) atoms. The van der Waals surface area contributed by atoms with Gasteiger partial charge in [-0.25, -0.2) is 0 Å². The molecule has 1 saturated heterocycles. The van der Waals surface area contributed by atoms with Crippen LogP contribution in [0.5, 0.6) is 0 Å². The van der Waals surface area contributed by atoms with Crippen molar-refractivity contribution in [2.45, 2.75) is 25.4 Å². The fourth-order valence-corrected chi connectivity index (χ4v) is 3.29. The van der Waals surface area contributed by atoms with Crippen molar-refractivity contribution in [1.82, 2.24) is 4.90 Å². The molecule has 0 spiro atoms. The van der Waals surface area contributed by atoms with Crippen molar-refractivity contribution in [3.63, 3.8) is 0 Å². The molecular formula is C19H21ClN2O. The Kier molecular flexibility index (Phi) is 5.11. The number of hydrogen-bond donors (Lipinski definition) is 1. The average Bonchev–Trinajstić information content (AvgIpc) is 2.62. The highest BCUT2D eigenvalue weighted by Crippen LogP contribution is 2.28. The minimum atomic E-state index is -0.258. The van der Waals surface area contributed by atoms with E-state index in [1.54, 1.807) is 12.1 Å². The molecule has 4 heteroatoms. The molecule has 1 unspecified atom stereocenters. The summed E-state index contributed by atoms with van der Waals surface area (Å²) in [5.41, 5.74) is 8.54. The molecule has 0 amide bonds. The van der Waals surface area contributed by atoms with Crippen LogP contribution in [0.3, 0.4) is 0 Å². The second-order valence-electron chi connectivity index (χ2n) is 5.97. The molecule has 3 rings (SSSR count). The predicted molar refractivity (Wildman–Crippen MR) is 93.7 cm³/mol. The van der Waals surface area contributed by atoms with Crippen molar-refractivity contribution in [2.24, 2.45) is 5.73 Å². The first-order valence-electron chi connectivity index (χ1n) is 8.05. The Bertz CT molecular complexity index is 681.